The third-order valence-corrected chi connectivity index (χ3v) is 2.97. The summed E-state index contributed by atoms with van der Waals surface area (Å²) < 4.78 is 5.64. The molecule has 1 aliphatic heterocycles. The summed E-state index contributed by atoms with van der Waals surface area (Å²) in [6, 6.07) is 0.439. The molecule has 1 aliphatic rings. The standard InChI is InChI=1S/C11H15N3O5/c1-7-4-9(15)14(19-7)10(16)6-13-3-2-12-5-8(13)11(17)18/h4,8,12H,2-3,5-6H2,1H3,(H,17,18). The van der Waals surface area contributed by atoms with Crippen molar-refractivity contribution in [1.82, 2.24) is 15.0 Å². The predicted molar refractivity (Wildman–Crippen MR) is 64.2 cm³/mol. The third kappa shape index (κ3) is 2.91. The van der Waals surface area contributed by atoms with Crippen molar-refractivity contribution in [2.75, 3.05) is 26.2 Å². The van der Waals surface area contributed by atoms with Crippen LogP contribution in [0, 0.1) is 6.92 Å². The van der Waals surface area contributed by atoms with Crippen molar-refractivity contribution in [3.8, 4) is 0 Å². The monoisotopic (exact) mass is 269 g/mol. The highest BCUT2D eigenvalue weighted by Crippen LogP contribution is 2.04. The quantitative estimate of drug-likeness (QED) is 0.706. The van der Waals surface area contributed by atoms with Crippen molar-refractivity contribution < 1.29 is 19.2 Å². The maximum Gasteiger partial charge on any atom is 0.322 e. The van der Waals surface area contributed by atoms with E-state index >= 15 is 0 Å². The van der Waals surface area contributed by atoms with Crippen molar-refractivity contribution in [1.29, 1.82) is 0 Å². The summed E-state index contributed by atoms with van der Waals surface area (Å²) in [5.41, 5.74) is -0.537. The molecule has 8 heteroatoms. The summed E-state index contributed by atoms with van der Waals surface area (Å²) in [5, 5.41) is 12.0. The minimum absolute atomic E-state index is 0.161. The largest absolute Gasteiger partial charge is 0.480 e. The molecule has 19 heavy (non-hydrogen) atoms. The summed E-state index contributed by atoms with van der Waals surface area (Å²) in [5.74, 6) is -1.22. The number of carboxylic acid groups (broad SMARTS) is 1. The van der Waals surface area contributed by atoms with Crippen molar-refractivity contribution in [2.45, 2.75) is 13.0 Å². The summed E-state index contributed by atoms with van der Waals surface area (Å²) in [4.78, 5) is 36.0. The Kier molecular flexibility index (Phi) is 3.82. The van der Waals surface area contributed by atoms with Crippen LogP contribution >= 0.6 is 0 Å². The molecule has 104 valence electrons. The number of hydrogen-bond donors (Lipinski definition) is 2. The van der Waals surface area contributed by atoms with Crippen LogP contribution in [0.15, 0.2) is 15.4 Å². The number of piperazine rings is 1. The number of carbonyl (C=O) groups excluding carboxylic acids is 1. The fourth-order valence-electron chi connectivity index (χ4n) is 2.04. The van der Waals surface area contributed by atoms with E-state index in [9.17, 15) is 14.4 Å². The molecule has 2 heterocycles. The van der Waals surface area contributed by atoms with Crippen LogP contribution in [0.5, 0.6) is 0 Å². The first kappa shape index (κ1) is 13.5. The normalized spacial score (nSPS) is 20.4. The molecule has 0 aliphatic carbocycles. The molecule has 0 aromatic carbocycles. The summed E-state index contributed by atoms with van der Waals surface area (Å²) in [6.07, 6.45) is 0. The molecule has 1 atom stereocenters. The van der Waals surface area contributed by atoms with Crippen LogP contribution < -0.4 is 10.9 Å². The van der Waals surface area contributed by atoms with E-state index in [0.717, 1.165) is 0 Å². The maximum absolute atomic E-state index is 11.9. The Hall–Kier alpha value is -1.93. The second-order valence-electron chi connectivity index (χ2n) is 4.40. The van der Waals surface area contributed by atoms with Crippen LogP contribution in [0.2, 0.25) is 0 Å². The third-order valence-electron chi connectivity index (χ3n) is 2.97. The lowest BCUT2D eigenvalue weighted by atomic mass is 10.2. The van der Waals surface area contributed by atoms with Gasteiger partial charge in [-0.05, 0) is 6.92 Å². The minimum Gasteiger partial charge on any atom is -0.480 e. The highest BCUT2D eigenvalue weighted by atomic mass is 16.5. The van der Waals surface area contributed by atoms with Gasteiger partial charge < -0.3 is 14.9 Å². The van der Waals surface area contributed by atoms with E-state index < -0.39 is 23.5 Å². The average molecular weight is 269 g/mol. The Bertz CT molecular complexity index is 547. The molecule has 1 unspecified atom stereocenters. The van der Waals surface area contributed by atoms with Crippen molar-refractivity contribution in [3.63, 3.8) is 0 Å². The number of hydrogen-bond acceptors (Lipinski definition) is 6. The van der Waals surface area contributed by atoms with E-state index in [1.54, 1.807) is 6.92 Å². The number of aliphatic carboxylic acids is 1. The lowest BCUT2D eigenvalue weighted by molar-refractivity contribution is -0.143. The molecular weight excluding hydrogens is 254 g/mol. The van der Waals surface area contributed by atoms with Gasteiger partial charge in [0, 0.05) is 25.7 Å². The molecule has 8 nitrogen and oxygen atoms in total. The van der Waals surface area contributed by atoms with E-state index in [1.165, 1.54) is 11.0 Å². The molecule has 1 aromatic rings. The number of aryl methyl sites for hydroxylation is 1. The number of carboxylic acids is 1. The van der Waals surface area contributed by atoms with Crippen molar-refractivity contribution in [3.05, 3.63) is 22.2 Å². The van der Waals surface area contributed by atoms with E-state index in [-0.39, 0.29) is 13.1 Å². The van der Waals surface area contributed by atoms with Crippen LogP contribution in [0.1, 0.15) is 10.6 Å². The van der Waals surface area contributed by atoms with Gasteiger partial charge in [-0.25, -0.2) is 0 Å². The van der Waals surface area contributed by atoms with Gasteiger partial charge in [0.1, 0.15) is 11.8 Å². The fraction of sp³-hybridized carbons (Fsp3) is 0.545. The molecule has 0 bridgehead atoms. The molecule has 1 fully saturated rings. The second-order valence-corrected chi connectivity index (χ2v) is 4.40. The zero-order valence-corrected chi connectivity index (χ0v) is 10.5. The van der Waals surface area contributed by atoms with Crippen molar-refractivity contribution >= 4 is 11.9 Å². The first-order valence-electron chi connectivity index (χ1n) is 5.90. The summed E-state index contributed by atoms with van der Waals surface area (Å²) in [6.45, 7) is 2.70. The lowest BCUT2D eigenvalue weighted by Crippen LogP contribution is -2.56. The topological polar surface area (TPSA) is 105 Å². The molecule has 2 N–H and O–H groups in total. The van der Waals surface area contributed by atoms with E-state index in [1.807, 2.05) is 0 Å². The van der Waals surface area contributed by atoms with Gasteiger partial charge in [0.15, 0.2) is 0 Å². The van der Waals surface area contributed by atoms with E-state index in [2.05, 4.69) is 5.32 Å². The van der Waals surface area contributed by atoms with Gasteiger partial charge in [0.05, 0.1) is 6.54 Å². The number of carbonyl (C=O) groups is 2. The van der Waals surface area contributed by atoms with Crippen LogP contribution in [0.4, 0.5) is 0 Å². The maximum atomic E-state index is 11.9. The number of nitrogens with one attached hydrogen (secondary N) is 1. The van der Waals surface area contributed by atoms with Gasteiger partial charge in [-0.2, -0.15) is 0 Å². The van der Waals surface area contributed by atoms with Gasteiger partial charge in [0.25, 0.3) is 11.5 Å². The smallest absolute Gasteiger partial charge is 0.322 e. The average Bonchev–Trinajstić information content (AvgIpc) is 2.69. The van der Waals surface area contributed by atoms with Gasteiger partial charge in [-0.15, -0.1) is 4.74 Å². The molecule has 0 radical (unpaired) electrons. The second kappa shape index (κ2) is 5.37. The van der Waals surface area contributed by atoms with Crippen LogP contribution in [-0.4, -0.2) is 58.8 Å². The SMILES string of the molecule is Cc1cc(=O)n(C(=O)CN2CCNCC2C(=O)O)o1. The number of aromatic nitrogens is 1. The van der Waals surface area contributed by atoms with Gasteiger partial charge in [-0.3, -0.25) is 19.3 Å². The molecule has 2 rings (SSSR count). The predicted octanol–water partition coefficient (Wildman–Crippen LogP) is -1.25. The Balaban J connectivity index is 2.11. The molecule has 0 spiro atoms. The first-order chi connectivity index (χ1) is 8.99. The highest BCUT2D eigenvalue weighted by molar-refractivity contribution is 5.81. The van der Waals surface area contributed by atoms with Gasteiger partial charge in [0.2, 0.25) is 0 Å². The van der Waals surface area contributed by atoms with E-state index in [4.69, 9.17) is 9.63 Å². The Morgan fingerprint density at radius 1 is 1.58 bits per heavy atom. The minimum atomic E-state index is -0.997. The van der Waals surface area contributed by atoms with Gasteiger partial charge in [-0.1, -0.05) is 0 Å². The summed E-state index contributed by atoms with van der Waals surface area (Å²) >= 11 is 0. The molecule has 1 aromatic heterocycles. The molecule has 1 saturated heterocycles. The van der Waals surface area contributed by atoms with Crippen LogP contribution in [-0.2, 0) is 4.79 Å². The lowest BCUT2D eigenvalue weighted by Gasteiger charge is -2.32. The first-order valence-corrected chi connectivity index (χ1v) is 5.90. The zero-order valence-electron chi connectivity index (χ0n) is 10.5. The molecule has 0 amide bonds. The molecular formula is C11H15N3O5. The fourth-order valence-corrected chi connectivity index (χ4v) is 2.04. The zero-order chi connectivity index (χ0) is 14.0. The van der Waals surface area contributed by atoms with Crippen LogP contribution in [0.25, 0.3) is 0 Å². The van der Waals surface area contributed by atoms with E-state index in [0.29, 0.717) is 23.6 Å². The Labute approximate surface area is 108 Å². The molecule has 0 saturated carbocycles. The summed E-state index contributed by atoms with van der Waals surface area (Å²) in [7, 11) is 0. The Morgan fingerprint density at radius 3 is 2.89 bits per heavy atom. The van der Waals surface area contributed by atoms with Gasteiger partial charge >= 0.3 is 5.97 Å². The highest BCUT2D eigenvalue weighted by Gasteiger charge is 2.30. The number of rotatable bonds is 3. The van der Waals surface area contributed by atoms with Crippen LogP contribution in [0.3, 0.4) is 0 Å². The number of nitrogens with zero attached hydrogens (tertiary/aromatic N) is 2. The van der Waals surface area contributed by atoms with Crippen molar-refractivity contribution in [2.24, 2.45) is 0 Å². The Morgan fingerprint density at radius 2 is 2.32 bits per heavy atom.